The number of aromatic hydroxyl groups is 1. The summed E-state index contributed by atoms with van der Waals surface area (Å²) in [6.45, 7) is 2.28. The molecule has 0 spiro atoms. The number of piperidine rings is 1. The maximum absolute atomic E-state index is 13.3. The molecular formula is C31H31N3O8. The van der Waals surface area contributed by atoms with E-state index in [1.807, 2.05) is 10.6 Å². The molecule has 3 aromatic heterocycles. The van der Waals surface area contributed by atoms with Crippen molar-refractivity contribution in [3.05, 3.63) is 102 Å². The Morgan fingerprint density at radius 3 is 2.71 bits per heavy atom. The summed E-state index contributed by atoms with van der Waals surface area (Å²) in [6.07, 6.45) is 0.642. The molecule has 1 fully saturated rings. The minimum absolute atomic E-state index is 0.00397. The number of carbonyl (C=O) groups is 1. The highest BCUT2D eigenvalue weighted by Crippen LogP contribution is 2.37. The summed E-state index contributed by atoms with van der Waals surface area (Å²) >= 11 is 0. The molecule has 0 radical (unpaired) electrons. The Morgan fingerprint density at radius 2 is 1.93 bits per heavy atom. The van der Waals surface area contributed by atoms with Crippen molar-refractivity contribution in [3.63, 3.8) is 0 Å². The van der Waals surface area contributed by atoms with E-state index >= 15 is 0 Å². The summed E-state index contributed by atoms with van der Waals surface area (Å²) in [5.41, 5.74) is 0.501. The lowest BCUT2D eigenvalue weighted by Crippen LogP contribution is -2.46. The molecule has 2 aliphatic rings. The van der Waals surface area contributed by atoms with Crippen LogP contribution < -0.4 is 21.3 Å². The minimum atomic E-state index is -1.08. The number of likely N-dealkylation sites (tertiary alicyclic amines) is 1. The normalized spacial score (nSPS) is 18.8. The van der Waals surface area contributed by atoms with Gasteiger partial charge in [0, 0.05) is 55.0 Å². The first-order valence-electron chi connectivity index (χ1n) is 13.8. The van der Waals surface area contributed by atoms with Gasteiger partial charge < -0.3 is 28.5 Å². The molecular weight excluding hydrogens is 542 g/mol. The SMILES string of the molecule is COC(=O)C[C@H](c1oc(CN2C[C@H]3C[C@@H](C2)c2cccc(=O)n2C3)cc(=O)c1O)c1cc2ccc(OC)cc2[nH]c1=O. The van der Waals surface area contributed by atoms with Gasteiger partial charge in [0.05, 0.1) is 38.6 Å². The van der Waals surface area contributed by atoms with Gasteiger partial charge in [0.2, 0.25) is 11.2 Å². The lowest BCUT2D eigenvalue weighted by atomic mass is 9.83. The molecule has 2 aliphatic heterocycles. The number of rotatable bonds is 7. The number of pyridine rings is 2. The summed E-state index contributed by atoms with van der Waals surface area (Å²) in [5.74, 6) is -1.26. The summed E-state index contributed by atoms with van der Waals surface area (Å²) in [4.78, 5) is 56.1. The van der Waals surface area contributed by atoms with Gasteiger partial charge in [-0.2, -0.15) is 0 Å². The molecule has 1 saturated heterocycles. The molecule has 0 aliphatic carbocycles. The number of methoxy groups -OCH3 is 2. The highest BCUT2D eigenvalue weighted by Gasteiger charge is 2.35. The molecule has 0 unspecified atom stereocenters. The van der Waals surface area contributed by atoms with Crippen molar-refractivity contribution in [2.75, 3.05) is 27.3 Å². The summed E-state index contributed by atoms with van der Waals surface area (Å²) < 4.78 is 18.1. The van der Waals surface area contributed by atoms with Crippen molar-refractivity contribution in [1.82, 2.24) is 14.5 Å². The first-order chi connectivity index (χ1) is 20.2. The number of ether oxygens (including phenoxy) is 2. The van der Waals surface area contributed by atoms with E-state index in [1.165, 1.54) is 20.3 Å². The van der Waals surface area contributed by atoms with Crippen molar-refractivity contribution in [1.29, 1.82) is 0 Å². The van der Waals surface area contributed by atoms with Crippen molar-refractivity contribution in [3.8, 4) is 11.5 Å². The molecule has 218 valence electrons. The van der Waals surface area contributed by atoms with E-state index in [4.69, 9.17) is 13.9 Å². The van der Waals surface area contributed by atoms with E-state index in [-0.39, 0.29) is 41.7 Å². The van der Waals surface area contributed by atoms with Crippen LogP contribution >= 0.6 is 0 Å². The predicted octanol–water partition coefficient (Wildman–Crippen LogP) is 2.67. The largest absolute Gasteiger partial charge is 0.502 e. The number of aromatic amines is 1. The van der Waals surface area contributed by atoms with Gasteiger partial charge in [-0.3, -0.25) is 24.1 Å². The van der Waals surface area contributed by atoms with Crippen LogP contribution in [-0.2, 0) is 22.6 Å². The molecule has 11 heteroatoms. The fraction of sp³-hybridized carbons (Fsp3) is 0.355. The number of H-pyrrole nitrogens is 1. The van der Waals surface area contributed by atoms with Gasteiger partial charge in [-0.1, -0.05) is 6.07 Å². The summed E-state index contributed by atoms with van der Waals surface area (Å²) in [7, 11) is 2.75. The summed E-state index contributed by atoms with van der Waals surface area (Å²) in [5, 5.41) is 11.5. The predicted molar refractivity (Wildman–Crippen MR) is 153 cm³/mol. The van der Waals surface area contributed by atoms with Crippen LogP contribution in [0.4, 0.5) is 0 Å². The lowest BCUT2D eigenvalue weighted by molar-refractivity contribution is -0.140. The first kappa shape index (κ1) is 27.5. The average molecular weight is 574 g/mol. The van der Waals surface area contributed by atoms with Crippen LogP contribution in [-0.4, -0.2) is 52.8 Å². The molecule has 0 saturated carbocycles. The van der Waals surface area contributed by atoms with E-state index in [1.54, 1.807) is 36.4 Å². The zero-order chi connectivity index (χ0) is 29.5. The number of fused-ring (bicyclic) bond motifs is 5. The van der Waals surface area contributed by atoms with Crippen molar-refractivity contribution >= 4 is 16.9 Å². The van der Waals surface area contributed by atoms with Gasteiger partial charge in [0.1, 0.15) is 11.5 Å². The fourth-order valence-electron chi connectivity index (χ4n) is 6.39. The van der Waals surface area contributed by atoms with E-state index in [2.05, 4.69) is 9.88 Å². The number of nitrogens with one attached hydrogen (secondary N) is 1. The van der Waals surface area contributed by atoms with Crippen LogP contribution in [0.5, 0.6) is 11.5 Å². The molecule has 5 heterocycles. The number of aromatic nitrogens is 2. The number of benzene rings is 1. The average Bonchev–Trinajstić information content (AvgIpc) is 2.97. The van der Waals surface area contributed by atoms with Crippen molar-refractivity contribution in [2.24, 2.45) is 5.92 Å². The van der Waals surface area contributed by atoms with Crippen molar-refractivity contribution < 1.29 is 23.8 Å². The number of nitrogens with zero attached hydrogens (tertiary/aromatic N) is 2. The quantitative estimate of drug-likeness (QED) is 0.319. The second kappa shape index (κ2) is 11.0. The van der Waals surface area contributed by atoms with Crippen LogP contribution in [0.3, 0.4) is 0 Å². The number of esters is 1. The molecule has 42 heavy (non-hydrogen) atoms. The first-order valence-corrected chi connectivity index (χ1v) is 13.8. The van der Waals surface area contributed by atoms with Gasteiger partial charge in [0.15, 0.2) is 5.76 Å². The highest BCUT2D eigenvalue weighted by atomic mass is 16.5. The monoisotopic (exact) mass is 573 g/mol. The maximum atomic E-state index is 13.3. The van der Waals surface area contributed by atoms with Gasteiger partial charge in [-0.05, 0) is 42.0 Å². The third-order valence-electron chi connectivity index (χ3n) is 8.31. The molecule has 4 aromatic rings. The number of hydrogen-bond acceptors (Lipinski definition) is 9. The van der Waals surface area contributed by atoms with E-state index < -0.39 is 28.6 Å². The Labute approximate surface area is 239 Å². The van der Waals surface area contributed by atoms with Crippen LogP contribution in [0.25, 0.3) is 10.9 Å². The van der Waals surface area contributed by atoms with Gasteiger partial charge >= 0.3 is 5.97 Å². The Kier molecular flexibility index (Phi) is 7.19. The number of hydrogen-bond donors (Lipinski definition) is 2. The second-order valence-electron chi connectivity index (χ2n) is 11.0. The third-order valence-corrected chi connectivity index (χ3v) is 8.31. The van der Waals surface area contributed by atoms with Crippen LogP contribution in [0, 0.1) is 5.92 Å². The van der Waals surface area contributed by atoms with Crippen molar-refractivity contribution in [2.45, 2.75) is 37.8 Å². The topological polar surface area (TPSA) is 144 Å². The van der Waals surface area contributed by atoms with E-state index in [0.717, 1.165) is 12.1 Å². The zero-order valence-corrected chi connectivity index (χ0v) is 23.3. The Bertz CT molecular complexity index is 1860. The molecule has 11 nitrogen and oxygen atoms in total. The van der Waals surface area contributed by atoms with E-state index in [0.29, 0.717) is 42.0 Å². The molecule has 2 N–H and O–H groups in total. The highest BCUT2D eigenvalue weighted by molar-refractivity contribution is 5.81. The summed E-state index contributed by atoms with van der Waals surface area (Å²) in [6, 6.07) is 13.4. The Hall–Kier alpha value is -4.64. The molecule has 1 aromatic carbocycles. The van der Waals surface area contributed by atoms with Crippen LogP contribution in [0.1, 0.15) is 47.5 Å². The van der Waals surface area contributed by atoms with Crippen LogP contribution in [0.15, 0.2) is 67.3 Å². The zero-order valence-electron chi connectivity index (χ0n) is 23.3. The lowest BCUT2D eigenvalue weighted by Gasteiger charge is -2.42. The Balaban J connectivity index is 1.36. The van der Waals surface area contributed by atoms with Crippen LogP contribution in [0.2, 0.25) is 0 Å². The smallest absolute Gasteiger partial charge is 0.306 e. The van der Waals surface area contributed by atoms with Gasteiger partial charge in [-0.15, -0.1) is 0 Å². The fourth-order valence-corrected chi connectivity index (χ4v) is 6.39. The van der Waals surface area contributed by atoms with Gasteiger partial charge in [-0.25, -0.2) is 0 Å². The Morgan fingerprint density at radius 1 is 1.10 bits per heavy atom. The second-order valence-corrected chi connectivity index (χ2v) is 11.0. The molecule has 6 rings (SSSR count). The molecule has 2 bridgehead atoms. The standard InChI is InChI=1S/C31H31N3O8/c1-40-20-7-6-18-9-23(31(39)32-24(18)10-20)22(12-28(37)41-2)30-29(38)26(35)11-21(42-30)16-33-13-17-8-19(15-33)25-4-3-5-27(36)34(25)14-17/h3-7,9-11,17,19,22,38H,8,12-16H2,1-2H3,(H,32,39)/t17-,19+,22+/m1/s1. The minimum Gasteiger partial charge on any atom is -0.502 e. The number of carbonyl (C=O) groups excluding carboxylic acids is 1. The van der Waals surface area contributed by atoms with E-state index in [9.17, 15) is 24.3 Å². The molecule has 0 amide bonds. The molecule has 3 atom stereocenters. The third kappa shape index (κ3) is 5.11. The maximum Gasteiger partial charge on any atom is 0.306 e. The van der Waals surface area contributed by atoms with Gasteiger partial charge in [0.25, 0.3) is 11.1 Å².